The van der Waals surface area contributed by atoms with Crippen molar-refractivity contribution in [3.63, 3.8) is 0 Å². The number of benzene rings is 1. The number of unbranched alkanes of at least 4 members (excludes halogenated alkanes) is 1. The van der Waals surface area contributed by atoms with Crippen LogP contribution < -0.4 is 5.73 Å². The molecule has 0 amide bonds. The minimum atomic E-state index is -0.343. The SMILES string of the molecule is CCCCC(=O)c1nc(N)c(-c2ccc(F)cc2)c(-c2ccncc2)n1. The van der Waals surface area contributed by atoms with Crippen LogP contribution in [0.5, 0.6) is 0 Å². The van der Waals surface area contributed by atoms with E-state index in [0.717, 1.165) is 18.4 Å². The smallest absolute Gasteiger partial charge is 0.200 e. The van der Waals surface area contributed by atoms with Gasteiger partial charge in [0.15, 0.2) is 11.6 Å². The van der Waals surface area contributed by atoms with Gasteiger partial charge < -0.3 is 5.73 Å². The van der Waals surface area contributed by atoms with Gasteiger partial charge in [-0.25, -0.2) is 14.4 Å². The fraction of sp³-hybridized carbons (Fsp3) is 0.200. The van der Waals surface area contributed by atoms with Crippen molar-refractivity contribution in [3.8, 4) is 22.4 Å². The molecule has 0 spiro atoms. The molecule has 0 saturated heterocycles. The first-order valence-corrected chi connectivity index (χ1v) is 8.47. The van der Waals surface area contributed by atoms with E-state index in [1.165, 1.54) is 12.1 Å². The number of halogens is 1. The highest BCUT2D eigenvalue weighted by Crippen LogP contribution is 2.34. The largest absolute Gasteiger partial charge is 0.383 e. The molecule has 0 atom stereocenters. The van der Waals surface area contributed by atoms with Crippen molar-refractivity contribution < 1.29 is 9.18 Å². The van der Waals surface area contributed by atoms with E-state index in [0.29, 0.717) is 23.2 Å². The van der Waals surface area contributed by atoms with Gasteiger partial charge in [-0.15, -0.1) is 0 Å². The maximum atomic E-state index is 13.3. The predicted octanol–water partition coefficient (Wildman–Crippen LogP) is 4.30. The van der Waals surface area contributed by atoms with Gasteiger partial charge in [-0.2, -0.15) is 0 Å². The molecule has 2 aromatic heterocycles. The van der Waals surface area contributed by atoms with Gasteiger partial charge in [-0.05, 0) is 36.2 Å². The summed E-state index contributed by atoms with van der Waals surface area (Å²) in [6, 6.07) is 9.52. The average Bonchev–Trinajstić information content (AvgIpc) is 2.67. The molecule has 1 aromatic carbocycles. The van der Waals surface area contributed by atoms with Crippen molar-refractivity contribution in [3.05, 3.63) is 60.4 Å². The Kier molecular flexibility index (Phi) is 5.31. The number of pyridine rings is 1. The maximum Gasteiger partial charge on any atom is 0.200 e. The predicted molar refractivity (Wildman–Crippen MR) is 98.9 cm³/mol. The Morgan fingerprint density at radius 3 is 2.38 bits per heavy atom. The van der Waals surface area contributed by atoms with Crippen LogP contribution in [0, 0.1) is 5.82 Å². The molecule has 132 valence electrons. The lowest BCUT2D eigenvalue weighted by Crippen LogP contribution is -2.10. The molecule has 0 fully saturated rings. The number of rotatable bonds is 6. The second kappa shape index (κ2) is 7.82. The van der Waals surface area contributed by atoms with Gasteiger partial charge in [-0.3, -0.25) is 9.78 Å². The van der Waals surface area contributed by atoms with Gasteiger partial charge in [0.1, 0.15) is 11.6 Å². The summed E-state index contributed by atoms with van der Waals surface area (Å²) in [4.78, 5) is 25.1. The number of hydrogen-bond acceptors (Lipinski definition) is 5. The Bertz CT molecular complexity index is 911. The van der Waals surface area contributed by atoms with Crippen molar-refractivity contribution in [1.82, 2.24) is 15.0 Å². The van der Waals surface area contributed by atoms with Crippen molar-refractivity contribution >= 4 is 11.6 Å². The Balaban J connectivity index is 2.17. The molecule has 0 unspecified atom stereocenters. The van der Waals surface area contributed by atoms with Crippen molar-refractivity contribution in [2.75, 3.05) is 5.73 Å². The quantitative estimate of drug-likeness (QED) is 0.670. The number of nitrogen functional groups attached to an aromatic ring is 1. The first kappa shape index (κ1) is 17.7. The normalized spacial score (nSPS) is 10.7. The molecule has 2 N–H and O–H groups in total. The van der Waals surface area contributed by atoms with E-state index < -0.39 is 0 Å². The molecular formula is C20H19FN4O. The summed E-state index contributed by atoms with van der Waals surface area (Å²) in [6.07, 6.45) is 5.33. The van der Waals surface area contributed by atoms with Gasteiger partial charge >= 0.3 is 0 Å². The van der Waals surface area contributed by atoms with Gasteiger partial charge in [0, 0.05) is 24.4 Å². The minimum absolute atomic E-state index is 0.105. The number of nitrogens with two attached hydrogens (primary N) is 1. The van der Waals surface area contributed by atoms with E-state index in [2.05, 4.69) is 15.0 Å². The van der Waals surface area contributed by atoms with Crippen LogP contribution in [0.1, 0.15) is 36.8 Å². The van der Waals surface area contributed by atoms with Crippen LogP contribution in [0.2, 0.25) is 0 Å². The molecule has 2 heterocycles. The number of carbonyl (C=O) groups excluding carboxylic acids is 1. The van der Waals surface area contributed by atoms with Crippen LogP contribution in [0.15, 0.2) is 48.8 Å². The van der Waals surface area contributed by atoms with Crippen molar-refractivity contribution in [2.24, 2.45) is 0 Å². The second-order valence-corrected chi connectivity index (χ2v) is 5.93. The lowest BCUT2D eigenvalue weighted by Gasteiger charge is -2.13. The Labute approximate surface area is 151 Å². The Morgan fingerprint density at radius 2 is 1.73 bits per heavy atom. The van der Waals surface area contributed by atoms with Crippen LogP contribution in [-0.4, -0.2) is 20.7 Å². The third-order valence-corrected chi connectivity index (χ3v) is 4.03. The number of anilines is 1. The summed E-state index contributed by atoms with van der Waals surface area (Å²) >= 11 is 0. The number of carbonyl (C=O) groups is 1. The molecule has 26 heavy (non-hydrogen) atoms. The van der Waals surface area contributed by atoms with E-state index in [1.807, 2.05) is 6.92 Å². The summed E-state index contributed by atoms with van der Waals surface area (Å²) in [7, 11) is 0. The first-order valence-electron chi connectivity index (χ1n) is 8.47. The van der Waals surface area contributed by atoms with Gasteiger partial charge in [0.05, 0.1) is 11.3 Å². The third-order valence-electron chi connectivity index (χ3n) is 4.03. The third kappa shape index (κ3) is 3.74. The molecule has 3 aromatic rings. The number of hydrogen-bond donors (Lipinski definition) is 1. The number of ketones is 1. The maximum absolute atomic E-state index is 13.3. The molecule has 0 saturated carbocycles. The van der Waals surface area contributed by atoms with Crippen molar-refractivity contribution in [2.45, 2.75) is 26.2 Å². The van der Waals surface area contributed by atoms with Gasteiger partial charge in [0.2, 0.25) is 0 Å². The van der Waals surface area contributed by atoms with Crippen LogP contribution in [-0.2, 0) is 0 Å². The summed E-state index contributed by atoms with van der Waals surface area (Å²) in [6.45, 7) is 2.02. The molecule has 0 radical (unpaired) electrons. The number of Topliss-reactive ketones (excluding diaryl/α,β-unsaturated/α-hetero) is 1. The molecular weight excluding hydrogens is 331 g/mol. The van der Waals surface area contributed by atoms with E-state index in [4.69, 9.17) is 5.73 Å². The zero-order valence-corrected chi connectivity index (χ0v) is 14.4. The van der Waals surface area contributed by atoms with Crippen LogP contribution in [0.4, 0.5) is 10.2 Å². The Morgan fingerprint density at radius 1 is 1.04 bits per heavy atom. The summed E-state index contributed by atoms with van der Waals surface area (Å²) in [5.74, 6) is -0.184. The van der Waals surface area contributed by atoms with Gasteiger partial charge in [0.25, 0.3) is 0 Å². The van der Waals surface area contributed by atoms with Gasteiger partial charge in [-0.1, -0.05) is 25.5 Å². The highest BCUT2D eigenvalue weighted by atomic mass is 19.1. The fourth-order valence-corrected chi connectivity index (χ4v) is 2.67. The van der Waals surface area contributed by atoms with E-state index in [-0.39, 0.29) is 23.2 Å². The van der Waals surface area contributed by atoms with E-state index in [9.17, 15) is 9.18 Å². The highest BCUT2D eigenvalue weighted by molar-refractivity contribution is 5.96. The molecule has 6 heteroatoms. The highest BCUT2D eigenvalue weighted by Gasteiger charge is 2.19. The molecule has 0 aliphatic heterocycles. The average molecular weight is 350 g/mol. The topological polar surface area (TPSA) is 81.8 Å². The zero-order valence-electron chi connectivity index (χ0n) is 14.4. The first-order chi connectivity index (χ1) is 12.6. The second-order valence-electron chi connectivity index (χ2n) is 5.93. The monoisotopic (exact) mass is 350 g/mol. The lowest BCUT2D eigenvalue weighted by atomic mass is 10.00. The number of nitrogens with zero attached hydrogens (tertiary/aromatic N) is 3. The molecule has 0 bridgehead atoms. The Hall–Kier alpha value is -3.15. The fourth-order valence-electron chi connectivity index (χ4n) is 2.67. The van der Waals surface area contributed by atoms with E-state index >= 15 is 0 Å². The van der Waals surface area contributed by atoms with E-state index in [1.54, 1.807) is 36.7 Å². The lowest BCUT2D eigenvalue weighted by molar-refractivity contribution is 0.0970. The summed E-state index contributed by atoms with van der Waals surface area (Å²) < 4.78 is 13.3. The molecule has 0 aliphatic carbocycles. The van der Waals surface area contributed by atoms with Crippen molar-refractivity contribution in [1.29, 1.82) is 0 Å². The summed E-state index contributed by atoms with van der Waals surface area (Å²) in [5, 5.41) is 0. The molecule has 5 nitrogen and oxygen atoms in total. The zero-order chi connectivity index (χ0) is 18.5. The number of aromatic nitrogens is 3. The van der Waals surface area contributed by atoms with Crippen LogP contribution >= 0.6 is 0 Å². The molecule has 0 aliphatic rings. The minimum Gasteiger partial charge on any atom is -0.383 e. The summed E-state index contributed by atoms with van der Waals surface area (Å²) in [5.41, 5.74) is 8.74. The molecule has 3 rings (SSSR count). The van der Waals surface area contributed by atoms with Crippen LogP contribution in [0.25, 0.3) is 22.4 Å². The van der Waals surface area contributed by atoms with Crippen LogP contribution in [0.3, 0.4) is 0 Å². The standard InChI is InChI=1S/C20H19FN4O/c1-2-3-4-16(26)20-24-18(14-9-11-23-12-10-14)17(19(22)25-20)13-5-7-15(21)8-6-13/h5-12H,2-4H2,1H3,(H2,22,24,25).